The monoisotopic (exact) mass is 281 g/mol. The second-order valence-corrected chi connectivity index (χ2v) is 6.16. The third-order valence-electron chi connectivity index (χ3n) is 4.87. The van der Waals surface area contributed by atoms with Gasteiger partial charge in [-0.3, -0.25) is 0 Å². The number of hydrogen-bond donors (Lipinski definition) is 1. The van der Waals surface area contributed by atoms with Gasteiger partial charge in [0.05, 0.1) is 6.57 Å². The Morgan fingerprint density at radius 2 is 2.24 bits per heavy atom. The highest BCUT2D eigenvalue weighted by molar-refractivity contribution is 6.08. The van der Waals surface area contributed by atoms with Crippen LogP contribution in [0.5, 0.6) is 5.75 Å². The van der Waals surface area contributed by atoms with E-state index in [0.29, 0.717) is 12.1 Å². The second-order valence-electron chi connectivity index (χ2n) is 6.16. The fourth-order valence-corrected chi connectivity index (χ4v) is 3.88. The van der Waals surface area contributed by atoms with Crippen molar-refractivity contribution in [1.29, 1.82) is 0 Å². The predicted molar refractivity (Wildman–Crippen MR) is 81.5 cm³/mol. The first-order valence-corrected chi connectivity index (χ1v) is 7.59. The van der Waals surface area contributed by atoms with Gasteiger partial charge in [0.1, 0.15) is 5.75 Å². The fourth-order valence-electron chi connectivity index (χ4n) is 3.88. The minimum atomic E-state index is -0.0695. The van der Waals surface area contributed by atoms with E-state index >= 15 is 0 Å². The molecule has 2 aliphatic carbocycles. The number of phenols is 1. The van der Waals surface area contributed by atoms with Crippen molar-refractivity contribution in [3.8, 4) is 5.75 Å². The third kappa shape index (κ3) is 2.06. The fraction of sp³-hybridized carbons (Fsp3) is 0.444. The normalized spacial score (nSPS) is 23.7. The van der Waals surface area contributed by atoms with Crippen LogP contribution in [0.4, 0.5) is 0 Å². The maximum atomic E-state index is 12.1. The number of nitrogens with zero attached hydrogens (tertiary/aromatic N) is 1. The van der Waals surface area contributed by atoms with Gasteiger partial charge in [-0.25, -0.2) is 4.85 Å². The van der Waals surface area contributed by atoms with Crippen LogP contribution >= 0.6 is 0 Å². The van der Waals surface area contributed by atoms with E-state index in [-0.39, 0.29) is 16.9 Å². The molecule has 3 rings (SSSR count). The number of carbonyl (C=O) groups is 1. The summed E-state index contributed by atoms with van der Waals surface area (Å²) in [6.07, 6.45) is 5.38. The molecule has 0 spiro atoms. The summed E-state index contributed by atoms with van der Waals surface area (Å²) in [5.41, 5.74) is 3.30. The van der Waals surface area contributed by atoms with Gasteiger partial charge in [0.2, 0.25) is 5.70 Å². The largest absolute Gasteiger partial charge is 0.508 e. The lowest BCUT2D eigenvalue weighted by Gasteiger charge is -2.35. The zero-order chi connectivity index (χ0) is 15.0. The molecular weight excluding hydrogens is 262 g/mol. The molecule has 0 radical (unpaired) electrons. The maximum absolute atomic E-state index is 12.1. The van der Waals surface area contributed by atoms with Gasteiger partial charge in [-0.1, -0.05) is 25.8 Å². The van der Waals surface area contributed by atoms with E-state index in [0.717, 1.165) is 48.8 Å². The number of unbranched alkanes of at least 4 members (excludes halogenated alkanes) is 1. The molecule has 0 heterocycles. The Hall–Kier alpha value is -2.08. The molecule has 0 bridgehead atoms. The highest BCUT2D eigenvalue weighted by atomic mass is 16.3. The van der Waals surface area contributed by atoms with Crippen molar-refractivity contribution in [3.63, 3.8) is 0 Å². The summed E-state index contributed by atoms with van der Waals surface area (Å²) in [5, 5.41) is 9.72. The Morgan fingerprint density at radius 3 is 2.95 bits per heavy atom. The SMILES string of the molecule is [C-]#[N+]C1=C2c3ccc(O)cc3CC2(CCCC)CCC1=O. The first-order chi connectivity index (χ1) is 10.1. The average Bonchev–Trinajstić information content (AvgIpc) is 2.79. The van der Waals surface area contributed by atoms with Crippen molar-refractivity contribution in [2.45, 2.75) is 45.4 Å². The van der Waals surface area contributed by atoms with Gasteiger partial charge in [-0.15, -0.1) is 0 Å². The molecule has 0 amide bonds. The smallest absolute Gasteiger partial charge is 0.233 e. The summed E-state index contributed by atoms with van der Waals surface area (Å²) in [6.45, 7) is 9.59. The van der Waals surface area contributed by atoms with Gasteiger partial charge in [0, 0.05) is 6.42 Å². The second kappa shape index (κ2) is 5.04. The number of hydrogen-bond acceptors (Lipinski definition) is 2. The number of Topliss-reactive ketones (excluding diaryl/α,β-unsaturated/α-hetero) is 1. The summed E-state index contributed by atoms with van der Waals surface area (Å²) in [4.78, 5) is 15.7. The molecule has 0 fully saturated rings. The van der Waals surface area contributed by atoms with Crippen LogP contribution in [0, 0.1) is 12.0 Å². The van der Waals surface area contributed by atoms with Crippen LogP contribution in [0.3, 0.4) is 0 Å². The Bertz CT molecular complexity index is 681. The summed E-state index contributed by atoms with van der Waals surface area (Å²) >= 11 is 0. The lowest BCUT2D eigenvalue weighted by molar-refractivity contribution is -0.116. The summed E-state index contributed by atoms with van der Waals surface area (Å²) in [7, 11) is 0. The standard InChI is InChI=1S/C18H19NO2/c1-3-4-8-18-9-7-15(21)17(19-2)16(18)14-6-5-13(20)10-12(14)11-18/h5-6,10,20H,3-4,7-9,11H2,1H3. The van der Waals surface area contributed by atoms with Crippen molar-refractivity contribution in [2.75, 3.05) is 0 Å². The van der Waals surface area contributed by atoms with Gasteiger partial charge >= 0.3 is 0 Å². The molecule has 1 unspecified atom stereocenters. The van der Waals surface area contributed by atoms with Crippen LogP contribution in [-0.2, 0) is 11.2 Å². The van der Waals surface area contributed by atoms with E-state index in [2.05, 4.69) is 11.8 Å². The number of rotatable bonds is 3. The molecule has 1 atom stereocenters. The van der Waals surface area contributed by atoms with Gasteiger partial charge in [-0.2, -0.15) is 0 Å². The summed E-state index contributed by atoms with van der Waals surface area (Å²) in [5.74, 6) is 0.238. The molecule has 0 saturated carbocycles. The topological polar surface area (TPSA) is 41.7 Å². The van der Waals surface area contributed by atoms with Crippen LogP contribution in [0.25, 0.3) is 10.4 Å². The Balaban J connectivity index is 2.20. The Morgan fingerprint density at radius 1 is 1.43 bits per heavy atom. The molecule has 21 heavy (non-hydrogen) atoms. The molecule has 3 heteroatoms. The molecule has 1 aromatic rings. The van der Waals surface area contributed by atoms with Gasteiger partial charge in [0.15, 0.2) is 5.78 Å². The van der Waals surface area contributed by atoms with E-state index in [1.807, 2.05) is 6.07 Å². The number of benzene rings is 1. The maximum Gasteiger partial charge on any atom is 0.233 e. The van der Waals surface area contributed by atoms with Crippen LogP contribution in [0.1, 0.15) is 50.2 Å². The van der Waals surface area contributed by atoms with E-state index < -0.39 is 0 Å². The lowest BCUT2D eigenvalue weighted by atomic mass is 9.68. The van der Waals surface area contributed by atoms with Crippen molar-refractivity contribution in [1.82, 2.24) is 0 Å². The number of phenolic OH excluding ortho intramolecular Hbond substituents is 1. The van der Waals surface area contributed by atoms with E-state index in [9.17, 15) is 9.90 Å². The number of aromatic hydroxyl groups is 1. The number of carbonyl (C=O) groups excluding carboxylic acids is 1. The van der Waals surface area contributed by atoms with Crippen LogP contribution in [-0.4, -0.2) is 10.9 Å². The van der Waals surface area contributed by atoms with Crippen molar-refractivity contribution < 1.29 is 9.90 Å². The molecule has 0 aliphatic heterocycles. The van der Waals surface area contributed by atoms with Gasteiger partial charge in [0.25, 0.3) is 0 Å². The van der Waals surface area contributed by atoms with Gasteiger partial charge in [-0.05, 0) is 53.5 Å². The van der Waals surface area contributed by atoms with Crippen LogP contribution < -0.4 is 0 Å². The highest BCUT2D eigenvalue weighted by Gasteiger charge is 2.46. The summed E-state index contributed by atoms with van der Waals surface area (Å²) < 4.78 is 0. The molecule has 1 aromatic carbocycles. The minimum Gasteiger partial charge on any atom is -0.508 e. The van der Waals surface area contributed by atoms with Crippen LogP contribution in [0.2, 0.25) is 0 Å². The van der Waals surface area contributed by atoms with E-state index in [1.165, 1.54) is 0 Å². The van der Waals surface area contributed by atoms with Crippen molar-refractivity contribution in [2.24, 2.45) is 5.41 Å². The molecule has 0 saturated heterocycles. The van der Waals surface area contributed by atoms with E-state index in [1.54, 1.807) is 12.1 Å². The first-order valence-electron chi connectivity index (χ1n) is 7.59. The van der Waals surface area contributed by atoms with Gasteiger partial charge < -0.3 is 9.90 Å². The Labute approximate surface area is 125 Å². The van der Waals surface area contributed by atoms with E-state index in [4.69, 9.17) is 6.57 Å². The number of fused-ring (bicyclic) bond motifs is 3. The lowest BCUT2D eigenvalue weighted by Crippen LogP contribution is -2.28. The molecule has 108 valence electrons. The highest BCUT2D eigenvalue weighted by Crippen LogP contribution is 2.56. The molecule has 1 N–H and O–H groups in total. The zero-order valence-electron chi connectivity index (χ0n) is 12.3. The number of allylic oxidation sites excluding steroid dienone is 2. The first kappa shape index (κ1) is 13.9. The number of ketones is 1. The van der Waals surface area contributed by atoms with Crippen molar-refractivity contribution >= 4 is 11.4 Å². The molecular formula is C18H19NO2. The Kier molecular flexibility index (Phi) is 3.33. The minimum absolute atomic E-state index is 0.0203. The average molecular weight is 281 g/mol. The molecule has 2 aliphatic rings. The molecule has 3 nitrogen and oxygen atoms in total. The van der Waals surface area contributed by atoms with Crippen molar-refractivity contribution in [3.05, 3.63) is 46.4 Å². The molecule has 0 aromatic heterocycles. The third-order valence-corrected chi connectivity index (χ3v) is 4.87. The predicted octanol–water partition coefficient (Wildman–Crippen LogP) is 4.12. The summed E-state index contributed by atoms with van der Waals surface area (Å²) in [6, 6.07) is 5.32. The quantitative estimate of drug-likeness (QED) is 0.847. The van der Waals surface area contributed by atoms with Crippen LogP contribution in [0.15, 0.2) is 23.9 Å². The zero-order valence-corrected chi connectivity index (χ0v) is 12.3.